The zero-order valence-electron chi connectivity index (χ0n) is 16.6. The minimum Gasteiger partial charge on any atom is -0.466 e. The lowest BCUT2D eigenvalue weighted by Crippen LogP contribution is -2.43. The number of aryl methyl sites for hydroxylation is 1. The van der Waals surface area contributed by atoms with Gasteiger partial charge in [-0.15, -0.1) is 0 Å². The molecule has 1 aliphatic heterocycles. The first-order valence-corrected chi connectivity index (χ1v) is 9.91. The molecule has 1 saturated heterocycles. The Balaban J connectivity index is 1.74. The van der Waals surface area contributed by atoms with Crippen molar-refractivity contribution in [2.45, 2.75) is 32.7 Å². The van der Waals surface area contributed by atoms with Gasteiger partial charge in [-0.1, -0.05) is 48.0 Å². The predicted octanol–water partition coefficient (Wildman–Crippen LogP) is 3.95. The van der Waals surface area contributed by atoms with Crippen molar-refractivity contribution in [2.24, 2.45) is 5.92 Å². The van der Waals surface area contributed by atoms with E-state index in [1.165, 1.54) is 0 Å². The molecule has 2 aromatic carbocycles. The number of rotatable bonds is 6. The molecule has 0 bridgehead atoms. The van der Waals surface area contributed by atoms with Gasteiger partial charge in [-0.3, -0.25) is 14.5 Å². The van der Waals surface area contributed by atoms with Crippen LogP contribution in [0.15, 0.2) is 54.6 Å². The number of benzene rings is 2. The largest absolute Gasteiger partial charge is 0.466 e. The highest BCUT2D eigenvalue weighted by Gasteiger charge is 2.33. The summed E-state index contributed by atoms with van der Waals surface area (Å²) in [5, 5.41) is 3.05. The molecule has 28 heavy (non-hydrogen) atoms. The maximum atomic E-state index is 13.2. The van der Waals surface area contributed by atoms with Gasteiger partial charge in [0.15, 0.2) is 0 Å². The summed E-state index contributed by atoms with van der Waals surface area (Å²) in [5.41, 5.74) is 2.90. The van der Waals surface area contributed by atoms with Crippen LogP contribution in [0.2, 0.25) is 0 Å². The molecule has 0 spiro atoms. The van der Waals surface area contributed by atoms with E-state index in [1.54, 1.807) is 0 Å². The van der Waals surface area contributed by atoms with Crippen LogP contribution in [-0.4, -0.2) is 36.5 Å². The number of piperidine rings is 1. The van der Waals surface area contributed by atoms with Crippen molar-refractivity contribution in [2.75, 3.05) is 25.0 Å². The predicted molar refractivity (Wildman–Crippen MR) is 110 cm³/mol. The monoisotopic (exact) mass is 380 g/mol. The number of carbonyl (C=O) groups is 2. The number of likely N-dealkylation sites (tertiary alicyclic amines) is 1. The number of carbonyl (C=O) groups excluding carboxylic acids is 2. The van der Waals surface area contributed by atoms with Crippen molar-refractivity contribution in [3.05, 3.63) is 65.7 Å². The Morgan fingerprint density at radius 3 is 2.32 bits per heavy atom. The van der Waals surface area contributed by atoms with E-state index in [9.17, 15) is 9.59 Å². The molecule has 0 unspecified atom stereocenters. The lowest BCUT2D eigenvalue weighted by molar-refractivity contribution is -0.149. The third kappa shape index (κ3) is 4.98. The molecule has 1 heterocycles. The minimum atomic E-state index is -0.384. The molecule has 1 N–H and O–H groups in total. The molecule has 5 nitrogen and oxygen atoms in total. The van der Waals surface area contributed by atoms with Gasteiger partial charge in [0.05, 0.1) is 12.5 Å². The molecule has 0 radical (unpaired) electrons. The van der Waals surface area contributed by atoms with Gasteiger partial charge in [-0.2, -0.15) is 0 Å². The van der Waals surface area contributed by atoms with Gasteiger partial charge in [0.2, 0.25) is 5.91 Å². The van der Waals surface area contributed by atoms with Crippen LogP contribution in [-0.2, 0) is 14.3 Å². The number of nitrogens with zero attached hydrogens (tertiary/aromatic N) is 1. The van der Waals surface area contributed by atoms with Crippen LogP contribution in [0.25, 0.3) is 0 Å². The molecule has 148 valence electrons. The van der Waals surface area contributed by atoms with E-state index < -0.39 is 0 Å². The molecule has 1 aliphatic rings. The fourth-order valence-electron chi connectivity index (χ4n) is 3.66. The van der Waals surface area contributed by atoms with Gasteiger partial charge in [0.25, 0.3) is 0 Å². The molecule has 3 rings (SSSR count). The normalized spacial score (nSPS) is 16.4. The number of nitrogens with one attached hydrogen (secondary N) is 1. The van der Waals surface area contributed by atoms with Gasteiger partial charge >= 0.3 is 5.97 Å². The van der Waals surface area contributed by atoms with Crippen molar-refractivity contribution in [3.8, 4) is 0 Å². The third-order valence-corrected chi connectivity index (χ3v) is 5.20. The quantitative estimate of drug-likeness (QED) is 0.771. The highest BCUT2D eigenvalue weighted by molar-refractivity contribution is 5.95. The van der Waals surface area contributed by atoms with E-state index in [1.807, 2.05) is 68.4 Å². The van der Waals surface area contributed by atoms with Crippen LogP contribution in [0.1, 0.15) is 36.9 Å². The Morgan fingerprint density at radius 1 is 1.07 bits per heavy atom. The van der Waals surface area contributed by atoms with Crippen LogP contribution in [0.3, 0.4) is 0 Å². The summed E-state index contributed by atoms with van der Waals surface area (Å²) in [6.45, 7) is 5.62. The van der Waals surface area contributed by atoms with E-state index in [0.717, 1.165) is 16.8 Å². The summed E-state index contributed by atoms with van der Waals surface area (Å²) < 4.78 is 5.16. The maximum Gasteiger partial charge on any atom is 0.309 e. The second-order valence-electron chi connectivity index (χ2n) is 7.23. The zero-order valence-corrected chi connectivity index (χ0v) is 16.6. The number of hydrogen-bond donors (Lipinski definition) is 1. The Labute approximate surface area is 166 Å². The van der Waals surface area contributed by atoms with Gasteiger partial charge in [0, 0.05) is 18.8 Å². The zero-order chi connectivity index (χ0) is 19.9. The van der Waals surface area contributed by atoms with Crippen LogP contribution < -0.4 is 5.32 Å². The molecular weight excluding hydrogens is 352 g/mol. The first-order valence-electron chi connectivity index (χ1n) is 9.91. The van der Waals surface area contributed by atoms with Crippen molar-refractivity contribution in [1.82, 2.24) is 4.90 Å². The molecule has 5 heteroatoms. The number of ether oxygens (including phenoxy) is 1. The molecule has 1 fully saturated rings. The average molecular weight is 380 g/mol. The third-order valence-electron chi connectivity index (χ3n) is 5.20. The van der Waals surface area contributed by atoms with E-state index in [0.29, 0.717) is 32.5 Å². The first kappa shape index (κ1) is 20.1. The Hall–Kier alpha value is -2.66. The molecule has 1 amide bonds. The van der Waals surface area contributed by atoms with Crippen molar-refractivity contribution in [1.29, 1.82) is 0 Å². The van der Waals surface area contributed by atoms with E-state index >= 15 is 0 Å². The SMILES string of the molecule is CCOC(=O)C1CCN([C@H](C(=O)Nc2ccc(C)cc2)c2ccccc2)CC1. The Morgan fingerprint density at radius 2 is 1.71 bits per heavy atom. The van der Waals surface area contributed by atoms with E-state index in [2.05, 4.69) is 10.2 Å². The second-order valence-corrected chi connectivity index (χ2v) is 7.23. The smallest absolute Gasteiger partial charge is 0.309 e. The van der Waals surface area contributed by atoms with Crippen molar-refractivity contribution in [3.63, 3.8) is 0 Å². The highest BCUT2D eigenvalue weighted by atomic mass is 16.5. The summed E-state index contributed by atoms with van der Waals surface area (Å²) in [6, 6.07) is 17.2. The van der Waals surface area contributed by atoms with Gasteiger partial charge < -0.3 is 10.1 Å². The Bertz CT molecular complexity index is 781. The fraction of sp³-hybridized carbons (Fsp3) is 0.391. The van der Waals surface area contributed by atoms with Crippen LogP contribution >= 0.6 is 0 Å². The summed E-state index contributed by atoms with van der Waals surface area (Å²) in [6.07, 6.45) is 1.42. The van der Waals surface area contributed by atoms with E-state index in [-0.39, 0.29) is 23.8 Å². The van der Waals surface area contributed by atoms with Crippen molar-refractivity contribution < 1.29 is 14.3 Å². The molecule has 1 atom stereocenters. The average Bonchev–Trinajstić information content (AvgIpc) is 2.71. The number of esters is 1. The Kier molecular flexibility index (Phi) is 6.82. The summed E-state index contributed by atoms with van der Waals surface area (Å²) in [4.78, 5) is 27.4. The number of amides is 1. The summed E-state index contributed by atoms with van der Waals surface area (Å²) in [7, 11) is 0. The van der Waals surface area contributed by atoms with E-state index in [4.69, 9.17) is 4.74 Å². The topological polar surface area (TPSA) is 58.6 Å². The molecule has 0 saturated carbocycles. The first-order chi connectivity index (χ1) is 13.6. The van der Waals surface area contributed by atoms with Crippen LogP contribution in [0.5, 0.6) is 0 Å². The maximum absolute atomic E-state index is 13.2. The molecular formula is C23H28N2O3. The second kappa shape index (κ2) is 9.51. The molecule has 0 aromatic heterocycles. The van der Waals surface area contributed by atoms with Gasteiger partial charge in [-0.25, -0.2) is 0 Å². The number of anilines is 1. The number of hydrogen-bond acceptors (Lipinski definition) is 4. The summed E-state index contributed by atoms with van der Waals surface area (Å²) >= 11 is 0. The minimum absolute atomic E-state index is 0.0513. The van der Waals surface area contributed by atoms with Gasteiger partial charge in [0.1, 0.15) is 6.04 Å². The van der Waals surface area contributed by atoms with Gasteiger partial charge in [-0.05, 0) is 44.4 Å². The fourth-order valence-corrected chi connectivity index (χ4v) is 3.66. The lowest BCUT2D eigenvalue weighted by atomic mass is 9.94. The highest BCUT2D eigenvalue weighted by Crippen LogP contribution is 2.29. The van der Waals surface area contributed by atoms with Crippen LogP contribution in [0.4, 0.5) is 5.69 Å². The standard InChI is InChI=1S/C23H28N2O3/c1-3-28-23(27)19-13-15-25(16-14-19)21(18-7-5-4-6-8-18)22(26)24-20-11-9-17(2)10-12-20/h4-12,19,21H,3,13-16H2,1-2H3,(H,24,26)/t21-/m0/s1. The molecule has 2 aromatic rings. The lowest BCUT2D eigenvalue weighted by Gasteiger charge is -2.36. The van der Waals surface area contributed by atoms with Crippen LogP contribution in [0, 0.1) is 12.8 Å². The van der Waals surface area contributed by atoms with Crippen molar-refractivity contribution >= 4 is 17.6 Å². The molecule has 0 aliphatic carbocycles. The summed E-state index contributed by atoms with van der Waals surface area (Å²) in [5.74, 6) is -0.250.